The second-order valence-corrected chi connectivity index (χ2v) is 12.7. The number of benzene rings is 3. The van der Waals surface area contributed by atoms with Gasteiger partial charge in [0.1, 0.15) is 0 Å². The van der Waals surface area contributed by atoms with E-state index in [1.54, 1.807) is 54.6 Å². The fraction of sp³-hybridized carbons (Fsp3) is 0.222. The molecule has 206 valence electrons. The molecular weight excluding hydrogens is 560 g/mol. The molecule has 1 saturated heterocycles. The predicted octanol–water partition coefficient (Wildman–Crippen LogP) is 4.66. The van der Waals surface area contributed by atoms with Crippen LogP contribution in [0.3, 0.4) is 0 Å². The molecule has 9 nitrogen and oxygen atoms in total. The summed E-state index contributed by atoms with van der Waals surface area (Å²) in [5.74, 6) is -0.638. The van der Waals surface area contributed by atoms with Crippen LogP contribution >= 0.6 is 11.6 Å². The SMILES string of the molecule is CC(NS(=O)(=O)C=Cc1ccccc1)C(=O)Nc1cc(S(=O)(=O)Nc2ccccc2Cl)ccc1N1CCCC1. The van der Waals surface area contributed by atoms with Gasteiger partial charge < -0.3 is 10.2 Å². The number of carbonyl (C=O) groups is 1. The summed E-state index contributed by atoms with van der Waals surface area (Å²) in [5.41, 5.74) is 1.82. The van der Waals surface area contributed by atoms with Crippen LogP contribution in [0.2, 0.25) is 5.02 Å². The maximum Gasteiger partial charge on any atom is 0.262 e. The normalized spacial score (nSPS) is 14.9. The van der Waals surface area contributed by atoms with Crippen molar-refractivity contribution < 1.29 is 21.6 Å². The molecule has 3 aromatic carbocycles. The molecule has 1 aliphatic heterocycles. The van der Waals surface area contributed by atoms with Gasteiger partial charge in [0.25, 0.3) is 10.0 Å². The number of carbonyl (C=O) groups excluding carboxylic acids is 1. The molecule has 0 spiro atoms. The zero-order chi connectivity index (χ0) is 28.0. The van der Waals surface area contributed by atoms with E-state index in [9.17, 15) is 21.6 Å². The second kappa shape index (κ2) is 12.2. The maximum absolute atomic E-state index is 13.1. The Morgan fingerprint density at radius 2 is 1.59 bits per heavy atom. The number of amides is 1. The van der Waals surface area contributed by atoms with Gasteiger partial charge in [0.2, 0.25) is 15.9 Å². The minimum Gasteiger partial charge on any atom is -0.370 e. The van der Waals surface area contributed by atoms with Crippen molar-refractivity contribution in [1.82, 2.24) is 4.72 Å². The maximum atomic E-state index is 13.1. The third kappa shape index (κ3) is 7.60. The summed E-state index contributed by atoms with van der Waals surface area (Å²) in [6, 6.07) is 18.7. The van der Waals surface area contributed by atoms with Gasteiger partial charge >= 0.3 is 0 Å². The molecule has 0 bridgehead atoms. The quantitative estimate of drug-likeness (QED) is 0.316. The third-order valence-electron chi connectivity index (χ3n) is 6.07. The first-order valence-corrected chi connectivity index (χ1v) is 15.7. The summed E-state index contributed by atoms with van der Waals surface area (Å²) in [6.07, 6.45) is 3.36. The van der Waals surface area contributed by atoms with E-state index in [1.165, 1.54) is 25.1 Å². The van der Waals surface area contributed by atoms with Gasteiger partial charge in [-0.2, -0.15) is 4.72 Å². The van der Waals surface area contributed by atoms with E-state index in [-0.39, 0.29) is 21.3 Å². The number of nitrogens with one attached hydrogen (secondary N) is 3. The van der Waals surface area contributed by atoms with Crippen LogP contribution in [0.1, 0.15) is 25.3 Å². The summed E-state index contributed by atoms with van der Waals surface area (Å²) in [6.45, 7) is 2.91. The smallest absolute Gasteiger partial charge is 0.262 e. The van der Waals surface area contributed by atoms with E-state index in [0.29, 0.717) is 11.3 Å². The van der Waals surface area contributed by atoms with Crippen LogP contribution in [0.4, 0.5) is 17.1 Å². The zero-order valence-corrected chi connectivity index (χ0v) is 23.6. The molecule has 0 saturated carbocycles. The van der Waals surface area contributed by atoms with Crippen molar-refractivity contribution in [2.45, 2.75) is 30.7 Å². The largest absolute Gasteiger partial charge is 0.370 e. The number of nitrogens with zero attached hydrogens (tertiary/aromatic N) is 1. The predicted molar refractivity (Wildman–Crippen MR) is 156 cm³/mol. The number of para-hydroxylation sites is 1. The van der Waals surface area contributed by atoms with Gasteiger partial charge in [-0.3, -0.25) is 9.52 Å². The molecule has 4 rings (SSSR count). The molecule has 0 aromatic heterocycles. The fourth-order valence-electron chi connectivity index (χ4n) is 4.08. The molecule has 39 heavy (non-hydrogen) atoms. The van der Waals surface area contributed by atoms with Crippen LogP contribution in [0.25, 0.3) is 6.08 Å². The Labute approximate surface area is 234 Å². The third-order valence-corrected chi connectivity index (χ3v) is 8.94. The summed E-state index contributed by atoms with van der Waals surface area (Å²) in [4.78, 5) is 15.0. The van der Waals surface area contributed by atoms with Crippen molar-refractivity contribution in [2.24, 2.45) is 0 Å². The van der Waals surface area contributed by atoms with E-state index in [2.05, 4.69) is 14.8 Å². The molecule has 1 atom stereocenters. The number of hydrogen-bond acceptors (Lipinski definition) is 6. The van der Waals surface area contributed by atoms with Crippen molar-refractivity contribution >= 4 is 60.7 Å². The Morgan fingerprint density at radius 3 is 2.28 bits per heavy atom. The highest BCUT2D eigenvalue weighted by atomic mass is 35.5. The van der Waals surface area contributed by atoms with Crippen molar-refractivity contribution in [2.75, 3.05) is 28.0 Å². The molecule has 3 aromatic rings. The van der Waals surface area contributed by atoms with E-state index in [0.717, 1.165) is 31.3 Å². The number of anilines is 3. The van der Waals surface area contributed by atoms with Crippen molar-refractivity contribution in [1.29, 1.82) is 0 Å². The van der Waals surface area contributed by atoms with Gasteiger partial charge in [-0.05, 0) is 61.7 Å². The second-order valence-electron chi connectivity index (χ2n) is 9.05. The van der Waals surface area contributed by atoms with Gasteiger partial charge in [-0.1, -0.05) is 54.1 Å². The summed E-state index contributed by atoms with van der Waals surface area (Å²) >= 11 is 6.12. The summed E-state index contributed by atoms with van der Waals surface area (Å²) in [5, 5.41) is 3.96. The lowest BCUT2D eigenvalue weighted by Gasteiger charge is -2.23. The minimum absolute atomic E-state index is 0.0836. The lowest BCUT2D eigenvalue weighted by Crippen LogP contribution is -2.41. The van der Waals surface area contributed by atoms with Crippen LogP contribution in [-0.4, -0.2) is 41.9 Å². The molecule has 0 radical (unpaired) electrons. The minimum atomic E-state index is -4.04. The van der Waals surface area contributed by atoms with Gasteiger partial charge in [0, 0.05) is 18.5 Å². The first-order valence-electron chi connectivity index (χ1n) is 12.3. The highest BCUT2D eigenvalue weighted by Crippen LogP contribution is 2.33. The monoisotopic (exact) mass is 588 g/mol. The molecular formula is C27H29ClN4O5S2. The van der Waals surface area contributed by atoms with E-state index < -0.39 is 32.0 Å². The summed E-state index contributed by atoms with van der Waals surface area (Å²) in [7, 11) is -7.97. The average Bonchev–Trinajstić information content (AvgIpc) is 3.44. The van der Waals surface area contributed by atoms with E-state index in [1.807, 2.05) is 11.0 Å². The van der Waals surface area contributed by atoms with Crippen LogP contribution in [0.15, 0.2) is 83.1 Å². The number of rotatable bonds is 10. The molecule has 0 aliphatic carbocycles. The van der Waals surface area contributed by atoms with Crippen molar-refractivity contribution in [3.8, 4) is 0 Å². The molecule has 1 heterocycles. The number of sulfonamides is 2. The Morgan fingerprint density at radius 1 is 0.923 bits per heavy atom. The first kappa shape index (κ1) is 28.6. The van der Waals surface area contributed by atoms with Crippen LogP contribution < -0.4 is 19.7 Å². The van der Waals surface area contributed by atoms with Gasteiger partial charge in [-0.25, -0.2) is 16.8 Å². The van der Waals surface area contributed by atoms with Crippen molar-refractivity contribution in [3.05, 3.63) is 88.8 Å². The Kier molecular flexibility index (Phi) is 8.96. The summed E-state index contributed by atoms with van der Waals surface area (Å²) < 4.78 is 56.2. The Hall–Kier alpha value is -3.38. The highest BCUT2D eigenvalue weighted by molar-refractivity contribution is 7.93. The highest BCUT2D eigenvalue weighted by Gasteiger charge is 2.24. The van der Waals surface area contributed by atoms with Crippen LogP contribution in [0, 0.1) is 0 Å². The first-order chi connectivity index (χ1) is 18.5. The van der Waals surface area contributed by atoms with Gasteiger partial charge in [-0.15, -0.1) is 0 Å². The zero-order valence-electron chi connectivity index (χ0n) is 21.2. The average molecular weight is 589 g/mol. The lowest BCUT2D eigenvalue weighted by molar-refractivity contribution is -0.117. The number of halogens is 1. The number of hydrogen-bond donors (Lipinski definition) is 3. The Bertz CT molecular complexity index is 1570. The molecule has 1 aliphatic rings. The van der Waals surface area contributed by atoms with E-state index >= 15 is 0 Å². The molecule has 1 fully saturated rings. The Balaban J connectivity index is 1.55. The lowest BCUT2D eigenvalue weighted by atomic mass is 10.2. The molecule has 1 amide bonds. The van der Waals surface area contributed by atoms with Crippen LogP contribution in [0.5, 0.6) is 0 Å². The van der Waals surface area contributed by atoms with Crippen LogP contribution in [-0.2, 0) is 24.8 Å². The fourth-order valence-corrected chi connectivity index (χ4v) is 6.44. The molecule has 12 heteroatoms. The molecule has 3 N–H and O–H groups in total. The van der Waals surface area contributed by atoms with E-state index in [4.69, 9.17) is 11.6 Å². The van der Waals surface area contributed by atoms with Gasteiger partial charge in [0.05, 0.1) is 33.0 Å². The topological polar surface area (TPSA) is 125 Å². The standard InChI is InChI=1S/C27H29ClN4O5S2/c1-20(30-38(34,35)18-15-21-9-3-2-4-10-21)27(33)29-25-19-22(13-14-26(25)32-16-7-8-17-32)39(36,37)31-24-12-6-5-11-23(24)28/h2-6,9-15,18-20,30-31H,7-8,16-17H2,1H3,(H,29,33). The molecule has 1 unspecified atom stereocenters. The van der Waals surface area contributed by atoms with Gasteiger partial charge in [0.15, 0.2) is 0 Å². The van der Waals surface area contributed by atoms with Crippen molar-refractivity contribution in [3.63, 3.8) is 0 Å².